The molecule has 1 saturated carbocycles. The van der Waals surface area contributed by atoms with Crippen molar-refractivity contribution >= 4 is 0 Å². The number of hydrogen-bond acceptors (Lipinski definition) is 3. The van der Waals surface area contributed by atoms with E-state index in [-0.39, 0.29) is 5.79 Å². The molecule has 7 atom stereocenters. The van der Waals surface area contributed by atoms with Crippen molar-refractivity contribution in [1.82, 2.24) is 4.90 Å². The van der Waals surface area contributed by atoms with Gasteiger partial charge in [0.2, 0.25) is 0 Å². The second kappa shape index (κ2) is 25.0. The number of nitrogens with zero attached hydrogens (tertiary/aromatic N) is 1. The molecule has 1 aliphatic carbocycles. The van der Waals surface area contributed by atoms with Gasteiger partial charge in [0, 0.05) is 25.3 Å². The molecular weight excluding hydrogens is 599 g/mol. The van der Waals surface area contributed by atoms with E-state index in [0.717, 1.165) is 85.9 Å². The van der Waals surface area contributed by atoms with Gasteiger partial charge in [0.15, 0.2) is 5.79 Å². The monoisotopic (exact) mass is 690 g/mol. The van der Waals surface area contributed by atoms with Crippen LogP contribution in [0.2, 0.25) is 0 Å². The standard InChI is InChI=1S/C46H91NO2/c1-36(2)18-12-20-38(5)22-14-24-40(7)26-16-28-42(9)45-32-46(48-34-43(35-49-46)33-47(10)11)31-30-44(45)29-17-27-41(8)25-15-23-39(6)21-13-19-37(3)4/h36-45H,12-35H2,1-11H3. The van der Waals surface area contributed by atoms with Crippen molar-refractivity contribution in [3.05, 3.63) is 0 Å². The smallest absolute Gasteiger partial charge is 0.168 e. The zero-order chi connectivity index (χ0) is 36.2. The zero-order valence-electron chi connectivity index (χ0n) is 35.5. The van der Waals surface area contributed by atoms with Crippen LogP contribution in [0.25, 0.3) is 0 Å². The van der Waals surface area contributed by atoms with Crippen LogP contribution in [0.4, 0.5) is 0 Å². The van der Waals surface area contributed by atoms with E-state index in [2.05, 4.69) is 81.3 Å². The normalized spacial score (nSPS) is 26.4. The Bertz CT molecular complexity index is 786. The number of hydrogen-bond donors (Lipinski definition) is 0. The predicted molar refractivity (Wildman–Crippen MR) is 216 cm³/mol. The Balaban J connectivity index is 1.81. The van der Waals surface area contributed by atoms with Crippen molar-refractivity contribution in [1.29, 1.82) is 0 Å². The molecular formula is C46H91NO2. The lowest BCUT2D eigenvalue weighted by molar-refractivity contribution is -0.307. The van der Waals surface area contributed by atoms with Crippen LogP contribution in [0.1, 0.15) is 197 Å². The maximum absolute atomic E-state index is 6.68. The summed E-state index contributed by atoms with van der Waals surface area (Å²) < 4.78 is 13.4. The molecule has 1 spiro atoms. The number of rotatable bonds is 27. The Kier molecular flexibility index (Phi) is 23.0. The topological polar surface area (TPSA) is 21.7 Å². The van der Waals surface area contributed by atoms with Crippen molar-refractivity contribution < 1.29 is 9.47 Å². The van der Waals surface area contributed by atoms with Gasteiger partial charge in [0.25, 0.3) is 0 Å². The van der Waals surface area contributed by atoms with Crippen LogP contribution in [-0.2, 0) is 9.47 Å². The van der Waals surface area contributed by atoms with Crippen LogP contribution in [0.15, 0.2) is 0 Å². The van der Waals surface area contributed by atoms with Crippen molar-refractivity contribution in [3.8, 4) is 0 Å². The molecule has 1 saturated heterocycles. The fourth-order valence-electron chi connectivity index (χ4n) is 9.47. The first-order valence-electron chi connectivity index (χ1n) is 22.2. The zero-order valence-corrected chi connectivity index (χ0v) is 35.5. The van der Waals surface area contributed by atoms with Crippen LogP contribution >= 0.6 is 0 Å². The van der Waals surface area contributed by atoms with Gasteiger partial charge in [0.1, 0.15) is 0 Å². The highest BCUT2D eigenvalue weighted by molar-refractivity contribution is 4.90. The molecule has 0 N–H and O–H groups in total. The number of ether oxygens (including phenoxy) is 2. The van der Waals surface area contributed by atoms with Gasteiger partial charge in [-0.15, -0.1) is 0 Å². The molecule has 1 aliphatic heterocycles. The molecule has 0 aromatic heterocycles. The predicted octanol–water partition coefficient (Wildman–Crippen LogP) is 13.8. The minimum absolute atomic E-state index is 0.309. The second-order valence-electron chi connectivity index (χ2n) is 19.6. The molecule has 0 aromatic rings. The van der Waals surface area contributed by atoms with Crippen molar-refractivity contribution in [3.63, 3.8) is 0 Å². The van der Waals surface area contributed by atoms with Crippen LogP contribution < -0.4 is 0 Å². The van der Waals surface area contributed by atoms with Gasteiger partial charge in [0.05, 0.1) is 13.2 Å². The van der Waals surface area contributed by atoms with Gasteiger partial charge in [-0.1, -0.05) is 178 Å². The SMILES string of the molecule is CC(C)CCCC(C)CCCC(C)CCCC(C)C1CC2(CCC1CCCC(C)CCCC(C)CCCC(C)C)OCC(CN(C)C)CO2. The first-order chi connectivity index (χ1) is 23.3. The van der Waals surface area contributed by atoms with E-state index in [0.29, 0.717) is 5.92 Å². The second-order valence-corrected chi connectivity index (χ2v) is 19.6. The minimum atomic E-state index is -0.309. The van der Waals surface area contributed by atoms with Gasteiger partial charge < -0.3 is 14.4 Å². The summed E-state index contributed by atoms with van der Waals surface area (Å²) in [5.41, 5.74) is 0. The van der Waals surface area contributed by atoms with E-state index in [4.69, 9.17) is 9.47 Å². The molecule has 2 aliphatic rings. The largest absolute Gasteiger partial charge is 0.349 e. The molecule has 0 bridgehead atoms. The third-order valence-electron chi connectivity index (χ3n) is 12.9. The molecule has 0 radical (unpaired) electrons. The lowest BCUT2D eigenvalue weighted by Crippen LogP contribution is -2.51. The molecule has 7 unspecified atom stereocenters. The third kappa shape index (κ3) is 20.1. The highest BCUT2D eigenvalue weighted by Gasteiger charge is 2.46. The van der Waals surface area contributed by atoms with Crippen molar-refractivity contribution in [2.75, 3.05) is 33.9 Å². The van der Waals surface area contributed by atoms with Crippen LogP contribution in [0.3, 0.4) is 0 Å². The quantitative estimate of drug-likeness (QED) is 0.0857. The summed E-state index contributed by atoms with van der Waals surface area (Å²) in [4.78, 5) is 2.28. The van der Waals surface area contributed by atoms with E-state index < -0.39 is 0 Å². The maximum Gasteiger partial charge on any atom is 0.168 e. The minimum Gasteiger partial charge on any atom is -0.349 e. The summed E-state index contributed by atoms with van der Waals surface area (Å²) in [5.74, 6) is 7.79. The van der Waals surface area contributed by atoms with Crippen LogP contribution in [0.5, 0.6) is 0 Å². The fourth-order valence-corrected chi connectivity index (χ4v) is 9.47. The molecule has 0 amide bonds. The maximum atomic E-state index is 6.68. The van der Waals surface area contributed by atoms with Gasteiger partial charge >= 0.3 is 0 Å². The van der Waals surface area contributed by atoms with E-state index in [9.17, 15) is 0 Å². The molecule has 49 heavy (non-hydrogen) atoms. The average molecular weight is 690 g/mol. The Labute approximate surface area is 309 Å². The highest BCUT2D eigenvalue weighted by atomic mass is 16.7. The van der Waals surface area contributed by atoms with E-state index in [1.807, 2.05) is 0 Å². The Hall–Kier alpha value is -0.120. The lowest BCUT2D eigenvalue weighted by Gasteiger charge is -2.49. The summed E-state index contributed by atoms with van der Waals surface area (Å²) >= 11 is 0. The van der Waals surface area contributed by atoms with Crippen LogP contribution in [0, 0.1) is 59.2 Å². The first kappa shape index (κ1) is 45.0. The van der Waals surface area contributed by atoms with Gasteiger partial charge in [-0.2, -0.15) is 0 Å². The van der Waals surface area contributed by atoms with E-state index >= 15 is 0 Å². The molecule has 292 valence electrons. The molecule has 2 rings (SSSR count). The lowest BCUT2D eigenvalue weighted by atomic mass is 9.67. The Morgan fingerprint density at radius 2 is 0.959 bits per heavy atom. The van der Waals surface area contributed by atoms with Crippen molar-refractivity contribution in [2.45, 2.75) is 203 Å². The molecule has 0 aromatic carbocycles. The van der Waals surface area contributed by atoms with Gasteiger partial charge in [-0.3, -0.25) is 0 Å². The Morgan fingerprint density at radius 3 is 1.39 bits per heavy atom. The van der Waals surface area contributed by atoms with E-state index in [1.165, 1.54) is 122 Å². The fraction of sp³-hybridized carbons (Fsp3) is 1.00. The summed E-state index contributed by atoms with van der Waals surface area (Å²) in [6.07, 6.45) is 29.0. The molecule has 1 heterocycles. The highest BCUT2D eigenvalue weighted by Crippen LogP contribution is 2.47. The van der Waals surface area contributed by atoms with Crippen LogP contribution in [-0.4, -0.2) is 44.5 Å². The van der Waals surface area contributed by atoms with Gasteiger partial charge in [-0.25, -0.2) is 0 Å². The average Bonchev–Trinajstić information content (AvgIpc) is 3.02. The van der Waals surface area contributed by atoms with Crippen molar-refractivity contribution in [2.24, 2.45) is 59.2 Å². The van der Waals surface area contributed by atoms with Gasteiger partial charge in [-0.05, 0) is 73.8 Å². The molecule has 3 nitrogen and oxygen atoms in total. The van der Waals surface area contributed by atoms with E-state index in [1.54, 1.807) is 0 Å². The summed E-state index contributed by atoms with van der Waals surface area (Å²) in [7, 11) is 4.33. The summed E-state index contributed by atoms with van der Waals surface area (Å²) in [6.45, 7) is 24.8. The summed E-state index contributed by atoms with van der Waals surface area (Å²) in [5, 5.41) is 0. The molecule has 3 heteroatoms. The summed E-state index contributed by atoms with van der Waals surface area (Å²) in [6, 6.07) is 0. The molecule has 2 fully saturated rings. The first-order valence-corrected chi connectivity index (χ1v) is 22.2. The Morgan fingerprint density at radius 1 is 0.551 bits per heavy atom. The third-order valence-corrected chi connectivity index (χ3v) is 12.9.